The Bertz CT molecular complexity index is 632. The maximum absolute atomic E-state index is 4.35. The van der Waals surface area contributed by atoms with Gasteiger partial charge in [0.2, 0.25) is 0 Å². The molecule has 0 saturated carbocycles. The molecule has 0 radical (unpaired) electrons. The van der Waals surface area contributed by atoms with Crippen molar-refractivity contribution >= 4 is 11.4 Å². The topological polar surface area (TPSA) is 33.1 Å². The minimum Gasteiger partial charge on any atom is -0.378 e. The van der Waals surface area contributed by atoms with Crippen LogP contribution < -0.4 is 10.2 Å². The molecule has 1 fully saturated rings. The molecule has 4 nitrogen and oxygen atoms in total. The van der Waals surface area contributed by atoms with E-state index in [2.05, 4.69) is 47.2 Å². The molecule has 1 saturated heterocycles. The van der Waals surface area contributed by atoms with Crippen LogP contribution in [-0.2, 0) is 13.6 Å². The van der Waals surface area contributed by atoms with Gasteiger partial charge >= 0.3 is 0 Å². The van der Waals surface area contributed by atoms with Crippen molar-refractivity contribution in [1.82, 2.24) is 9.55 Å². The fraction of sp³-hybridized carbons (Fsp3) is 0.500. The van der Waals surface area contributed by atoms with E-state index in [0.29, 0.717) is 6.04 Å². The zero-order chi connectivity index (χ0) is 15.5. The lowest BCUT2D eigenvalue weighted by Gasteiger charge is -2.35. The van der Waals surface area contributed by atoms with E-state index in [0.717, 1.165) is 12.4 Å². The summed E-state index contributed by atoms with van der Waals surface area (Å²) in [4.78, 5) is 6.89. The minimum atomic E-state index is 0.652. The lowest BCUT2D eigenvalue weighted by molar-refractivity contribution is 0.485. The number of aromatic nitrogens is 2. The van der Waals surface area contributed by atoms with Crippen molar-refractivity contribution in [3.8, 4) is 0 Å². The number of rotatable bonds is 4. The van der Waals surface area contributed by atoms with Crippen LogP contribution in [0.5, 0.6) is 0 Å². The predicted octanol–water partition coefficient (Wildman–Crippen LogP) is 3.72. The first-order valence-corrected chi connectivity index (χ1v) is 8.22. The summed E-state index contributed by atoms with van der Waals surface area (Å²) in [5.41, 5.74) is 3.84. The quantitative estimate of drug-likeness (QED) is 0.934. The molecule has 4 heteroatoms. The maximum Gasteiger partial charge on any atom is 0.127 e. The molecule has 3 rings (SSSR count). The van der Waals surface area contributed by atoms with Gasteiger partial charge in [0.1, 0.15) is 5.82 Å². The van der Waals surface area contributed by atoms with Crippen LogP contribution in [0.2, 0.25) is 0 Å². The van der Waals surface area contributed by atoms with Gasteiger partial charge in [-0.2, -0.15) is 0 Å². The predicted molar refractivity (Wildman–Crippen MR) is 92.4 cm³/mol. The third-order valence-corrected chi connectivity index (χ3v) is 4.70. The Morgan fingerprint density at radius 2 is 2.18 bits per heavy atom. The van der Waals surface area contributed by atoms with Crippen LogP contribution in [0.3, 0.4) is 0 Å². The van der Waals surface area contributed by atoms with Gasteiger partial charge in [-0.3, -0.25) is 0 Å². The van der Waals surface area contributed by atoms with Gasteiger partial charge in [-0.25, -0.2) is 4.98 Å². The number of benzene rings is 1. The monoisotopic (exact) mass is 298 g/mol. The molecule has 0 bridgehead atoms. The summed E-state index contributed by atoms with van der Waals surface area (Å²) >= 11 is 0. The van der Waals surface area contributed by atoms with E-state index in [9.17, 15) is 0 Å². The molecule has 2 heterocycles. The molecular weight excluding hydrogens is 272 g/mol. The Balaban J connectivity index is 1.70. The van der Waals surface area contributed by atoms with E-state index in [-0.39, 0.29) is 0 Å². The normalized spacial score (nSPS) is 18.5. The molecule has 118 valence electrons. The van der Waals surface area contributed by atoms with Crippen LogP contribution in [0.4, 0.5) is 11.4 Å². The van der Waals surface area contributed by atoms with Gasteiger partial charge in [-0.05, 0) is 56.9 Å². The summed E-state index contributed by atoms with van der Waals surface area (Å²) in [6.45, 7) is 6.45. The molecule has 2 aromatic rings. The Morgan fingerprint density at radius 1 is 1.32 bits per heavy atom. The smallest absolute Gasteiger partial charge is 0.127 e. The molecule has 22 heavy (non-hydrogen) atoms. The molecule has 1 unspecified atom stereocenters. The van der Waals surface area contributed by atoms with Gasteiger partial charge in [0, 0.05) is 43.4 Å². The van der Waals surface area contributed by atoms with E-state index in [1.807, 2.05) is 24.0 Å². The Labute approximate surface area is 133 Å². The highest BCUT2D eigenvalue weighted by molar-refractivity contribution is 5.60. The van der Waals surface area contributed by atoms with Crippen molar-refractivity contribution in [2.45, 2.75) is 45.7 Å². The fourth-order valence-corrected chi connectivity index (χ4v) is 3.25. The van der Waals surface area contributed by atoms with Crippen molar-refractivity contribution < 1.29 is 0 Å². The van der Waals surface area contributed by atoms with E-state index in [4.69, 9.17) is 0 Å². The number of nitrogens with zero attached hydrogens (tertiary/aromatic N) is 3. The van der Waals surface area contributed by atoms with Gasteiger partial charge < -0.3 is 14.8 Å². The molecule has 0 aliphatic carbocycles. The van der Waals surface area contributed by atoms with Crippen LogP contribution >= 0.6 is 0 Å². The molecule has 0 spiro atoms. The summed E-state index contributed by atoms with van der Waals surface area (Å²) in [5, 5.41) is 3.50. The van der Waals surface area contributed by atoms with E-state index >= 15 is 0 Å². The van der Waals surface area contributed by atoms with Crippen molar-refractivity contribution in [3.63, 3.8) is 0 Å². The second-order valence-electron chi connectivity index (χ2n) is 6.35. The van der Waals surface area contributed by atoms with Gasteiger partial charge in [0.15, 0.2) is 0 Å². The molecule has 0 amide bonds. The molecular formula is C18H26N4. The number of hydrogen-bond donors (Lipinski definition) is 1. The molecule has 1 aliphatic rings. The highest BCUT2D eigenvalue weighted by Crippen LogP contribution is 2.28. The van der Waals surface area contributed by atoms with Gasteiger partial charge in [0.05, 0.1) is 6.54 Å². The third kappa shape index (κ3) is 3.11. The average Bonchev–Trinajstić information content (AvgIpc) is 2.92. The maximum atomic E-state index is 4.35. The highest BCUT2D eigenvalue weighted by Gasteiger charge is 2.18. The average molecular weight is 298 g/mol. The van der Waals surface area contributed by atoms with Crippen LogP contribution in [0.1, 0.15) is 37.6 Å². The summed E-state index contributed by atoms with van der Waals surface area (Å²) in [6, 6.07) is 7.41. The summed E-state index contributed by atoms with van der Waals surface area (Å²) in [7, 11) is 2.03. The lowest BCUT2D eigenvalue weighted by atomic mass is 10.0. The zero-order valence-corrected chi connectivity index (χ0v) is 13.8. The number of aryl methyl sites for hydroxylation is 2. The summed E-state index contributed by atoms with van der Waals surface area (Å²) < 4.78 is 2.05. The second-order valence-corrected chi connectivity index (χ2v) is 6.35. The van der Waals surface area contributed by atoms with Crippen molar-refractivity contribution in [3.05, 3.63) is 42.0 Å². The largest absolute Gasteiger partial charge is 0.378 e. The third-order valence-electron chi connectivity index (χ3n) is 4.70. The van der Waals surface area contributed by atoms with Crippen LogP contribution in [0.25, 0.3) is 0 Å². The first kappa shape index (κ1) is 14.9. The molecule has 1 aliphatic heterocycles. The lowest BCUT2D eigenvalue weighted by Crippen LogP contribution is -2.37. The van der Waals surface area contributed by atoms with E-state index in [1.165, 1.54) is 42.7 Å². The molecule has 1 atom stereocenters. The van der Waals surface area contributed by atoms with Gasteiger partial charge in [0.25, 0.3) is 0 Å². The second kappa shape index (κ2) is 6.42. The fourth-order valence-electron chi connectivity index (χ4n) is 3.25. The summed E-state index contributed by atoms with van der Waals surface area (Å²) in [5.74, 6) is 1.05. The number of nitrogens with one attached hydrogen (secondary N) is 1. The molecule has 1 aromatic heterocycles. The highest BCUT2D eigenvalue weighted by atomic mass is 15.2. The van der Waals surface area contributed by atoms with Crippen LogP contribution in [0.15, 0.2) is 30.6 Å². The minimum absolute atomic E-state index is 0.652. The molecule has 1 aromatic carbocycles. The Morgan fingerprint density at radius 3 is 2.86 bits per heavy atom. The van der Waals surface area contributed by atoms with Crippen molar-refractivity contribution in [2.24, 2.45) is 7.05 Å². The number of piperidine rings is 1. The number of imidazole rings is 1. The summed E-state index contributed by atoms with van der Waals surface area (Å²) in [6.07, 6.45) is 7.79. The number of hydrogen-bond acceptors (Lipinski definition) is 3. The van der Waals surface area contributed by atoms with Gasteiger partial charge in [-0.1, -0.05) is 0 Å². The first-order chi connectivity index (χ1) is 10.6. The Hall–Kier alpha value is -1.97. The van der Waals surface area contributed by atoms with Crippen molar-refractivity contribution in [2.75, 3.05) is 16.8 Å². The van der Waals surface area contributed by atoms with Gasteiger partial charge in [-0.15, -0.1) is 0 Å². The van der Waals surface area contributed by atoms with Crippen LogP contribution in [-0.4, -0.2) is 22.1 Å². The van der Waals surface area contributed by atoms with E-state index < -0.39 is 0 Å². The molecule has 1 N–H and O–H groups in total. The Kier molecular flexibility index (Phi) is 4.36. The zero-order valence-electron chi connectivity index (χ0n) is 13.8. The SMILES string of the molecule is Cc1cc(N2CCCCC2C)ccc1NCc1nccn1C. The van der Waals surface area contributed by atoms with Crippen molar-refractivity contribution in [1.29, 1.82) is 0 Å². The standard InChI is InChI=1S/C18H26N4/c1-14-12-16(22-10-5-4-6-15(22)2)7-8-17(14)20-13-18-19-9-11-21(18)3/h7-9,11-12,15,20H,4-6,10,13H2,1-3H3. The first-order valence-electron chi connectivity index (χ1n) is 8.22. The number of anilines is 2. The van der Waals surface area contributed by atoms with E-state index in [1.54, 1.807) is 0 Å². The van der Waals surface area contributed by atoms with Crippen LogP contribution in [0, 0.1) is 6.92 Å².